The second kappa shape index (κ2) is 2.52. The third-order valence-corrected chi connectivity index (χ3v) is 1.36. The molecule has 10 heavy (non-hydrogen) atoms. The summed E-state index contributed by atoms with van der Waals surface area (Å²) in [7, 11) is 0. The smallest absolute Gasteiger partial charge is 0.0717 e. The monoisotopic (exact) mass is 135 g/mol. The van der Waals surface area contributed by atoms with Gasteiger partial charge >= 0.3 is 0 Å². The lowest BCUT2D eigenvalue weighted by Gasteiger charge is -2.03. The van der Waals surface area contributed by atoms with Crippen LogP contribution in [0.1, 0.15) is 15.9 Å². The molecule has 0 aliphatic heterocycles. The quantitative estimate of drug-likeness (QED) is 0.557. The molecule has 1 rings (SSSR count). The number of carboxylic acids is 1. The van der Waals surface area contributed by atoms with Crippen LogP contribution >= 0.6 is 0 Å². The molecular weight excluding hydrogens is 128 g/mol. The van der Waals surface area contributed by atoms with Crippen molar-refractivity contribution in [2.24, 2.45) is 0 Å². The molecule has 1 aromatic rings. The van der Waals surface area contributed by atoms with Crippen molar-refractivity contribution in [2.75, 3.05) is 0 Å². The SMILES string of the molecule is Cc1ccccc1C(=O)[O-]. The van der Waals surface area contributed by atoms with Gasteiger partial charge in [-0.25, -0.2) is 0 Å². The van der Waals surface area contributed by atoms with E-state index in [2.05, 4.69) is 0 Å². The first kappa shape index (κ1) is 6.81. The van der Waals surface area contributed by atoms with Gasteiger partial charge in [-0.1, -0.05) is 24.3 Å². The van der Waals surface area contributed by atoms with E-state index in [1.165, 1.54) is 6.07 Å². The van der Waals surface area contributed by atoms with Gasteiger partial charge in [0.25, 0.3) is 0 Å². The maximum Gasteiger partial charge on any atom is 0.0717 e. The molecule has 2 nitrogen and oxygen atoms in total. The Hall–Kier alpha value is -1.31. The molecule has 0 saturated heterocycles. The Morgan fingerprint density at radius 2 is 2.00 bits per heavy atom. The molecule has 0 fully saturated rings. The highest BCUT2D eigenvalue weighted by molar-refractivity contribution is 5.87. The average Bonchev–Trinajstić information content (AvgIpc) is 1.88. The topological polar surface area (TPSA) is 40.1 Å². The minimum atomic E-state index is -1.11. The number of carbonyl (C=O) groups is 1. The zero-order valence-corrected chi connectivity index (χ0v) is 5.63. The normalized spacial score (nSPS) is 9.30. The molecule has 1 aromatic carbocycles. The Bertz CT molecular complexity index is 253. The standard InChI is InChI=1S/C8H8O2/c1-6-4-2-3-5-7(6)8(9)10/h2-5H,1H3,(H,9,10)/p-1. The zero-order valence-electron chi connectivity index (χ0n) is 5.63. The van der Waals surface area contributed by atoms with Gasteiger partial charge in [0.05, 0.1) is 5.97 Å². The lowest BCUT2D eigenvalue weighted by atomic mass is 10.1. The Balaban J connectivity index is 3.15. The lowest BCUT2D eigenvalue weighted by Crippen LogP contribution is -2.23. The van der Waals surface area contributed by atoms with Crippen molar-refractivity contribution >= 4 is 5.97 Å². The van der Waals surface area contributed by atoms with E-state index in [-0.39, 0.29) is 5.56 Å². The fourth-order valence-corrected chi connectivity index (χ4v) is 0.802. The van der Waals surface area contributed by atoms with E-state index in [9.17, 15) is 9.90 Å². The van der Waals surface area contributed by atoms with Crippen molar-refractivity contribution in [3.05, 3.63) is 35.4 Å². The molecule has 0 N–H and O–H groups in total. The van der Waals surface area contributed by atoms with Gasteiger partial charge in [0.2, 0.25) is 0 Å². The maximum atomic E-state index is 10.3. The van der Waals surface area contributed by atoms with Crippen LogP contribution < -0.4 is 5.11 Å². The molecule has 0 aliphatic carbocycles. The highest BCUT2D eigenvalue weighted by atomic mass is 16.4. The predicted molar refractivity (Wildman–Crippen MR) is 35.5 cm³/mol. The summed E-state index contributed by atoms with van der Waals surface area (Å²) in [5, 5.41) is 10.3. The van der Waals surface area contributed by atoms with Crippen molar-refractivity contribution in [3.8, 4) is 0 Å². The molecule has 0 spiro atoms. The molecule has 52 valence electrons. The second-order valence-corrected chi connectivity index (χ2v) is 2.10. The van der Waals surface area contributed by atoms with Gasteiger partial charge in [-0.3, -0.25) is 0 Å². The minimum absolute atomic E-state index is 0.266. The third kappa shape index (κ3) is 1.16. The van der Waals surface area contributed by atoms with Gasteiger partial charge in [-0.05, 0) is 12.5 Å². The van der Waals surface area contributed by atoms with E-state index >= 15 is 0 Å². The molecule has 0 atom stereocenters. The number of carbonyl (C=O) groups excluding carboxylic acids is 1. The number of aromatic carboxylic acids is 1. The summed E-state index contributed by atoms with van der Waals surface area (Å²) in [4.78, 5) is 10.3. The minimum Gasteiger partial charge on any atom is -0.545 e. The zero-order chi connectivity index (χ0) is 7.56. The van der Waals surface area contributed by atoms with Crippen molar-refractivity contribution in [3.63, 3.8) is 0 Å². The van der Waals surface area contributed by atoms with Gasteiger partial charge in [-0.15, -0.1) is 0 Å². The Labute approximate surface area is 59.1 Å². The van der Waals surface area contributed by atoms with E-state index in [1.807, 2.05) is 0 Å². The number of hydrogen-bond acceptors (Lipinski definition) is 2. The highest BCUT2D eigenvalue weighted by Gasteiger charge is 1.94. The van der Waals surface area contributed by atoms with Crippen LogP contribution in [0.5, 0.6) is 0 Å². The summed E-state index contributed by atoms with van der Waals surface area (Å²) in [5.74, 6) is -1.11. The molecule has 0 unspecified atom stereocenters. The van der Waals surface area contributed by atoms with Gasteiger partial charge in [0, 0.05) is 5.56 Å². The molecule has 0 radical (unpaired) electrons. The fourth-order valence-electron chi connectivity index (χ4n) is 0.802. The summed E-state index contributed by atoms with van der Waals surface area (Å²) in [6, 6.07) is 6.75. The van der Waals surface area contributed by atoms with Crippen molar-refractivity contribution in [1.82, 2.24) is 0 Å². The Morgan fingerprint density at radius 3 is 2.40 bits per heavy atom. The summed E-state index contributed by atoms with van der Waals surface area (Å²) in [6.07, 6.45) is 0. The second-order valence-electron chi connectivity index (χ2n) is 2.10. The Morgan fingerprint density at radius 1 is 1.40 bits per heavy atom. The fraction of sp³-hybridized carbons (Fsp3) is 0.125. The van der Waals surface area contributed by atoms with E-state index < -0.39 is 5.97 Å². The molecule has 0 aliphatic rings. The summed E-state index contributed by atoms with van der Waals surface area (Å²) < 4.78 is 0. The van der Waals surface area contributed by atoms with Gasteiger partial charge in [-0.2, -0.15) is 0 Å². The van der Waals surface area contributed by atoms with Crippen molar-refractivity contribution in [2.45, 2.75) is 6.92 Å². The van der Waals surface area contributed by atoms with E-state index in [1.54, 1.807) is 25.1 Å². The molecule has 0 heterocycles. The summed E-state index contributed by atoms with van der Waals surface area (Å²) in [6.45, 7) is 1.74. The highest BCUT2D eigenvalue weighted by Crippen LogP contribution is 2.04. The van der Waals surface area contributed by atoms with Gasteiger partial charge in [0.15, 0.2) is 0 Å². The summed E-state index contributed by atoms with van der Waals surface area (Å²) in [5.41, 5.74) is 1.00. The van der Waals surface area contributed by atoms with Gasteiger partial charge < -0.3 is 9.90 Å². The predicted octanol–water partition coefficient (Wildman–Crippen LogP) is 0.359. The van der Waals surface area contributed by atoms with Crippen LogP contribution in [0.25, 0.3) is 0 Å². The van der Waals surface area contributed by atoms with E-state index in [0.717, 1.165) is 5.56 Å². The summed E-state index contributed by atoms with van der Waals surface area (Å²) >= 11 is 0. The number of hydrogen-bond donors (Lipinski definition) is 0. The molecule has 0 aromatic heterocycles. The first-order chi connectivity index (χ1) is 4.72. The van der Waals surface area contributed by atoms with Crippen molar-refractivity contribution in [1.29, 1.82) is 0 Å². The molecule has 0 saturated carbocycles. The first-order valence-electron chi connectivity index (χ1n) is 2.99. The van der Waals surface area contributed by atoms with Crippen LogP contribution in [-0.4, -0.2) is 5.97 Å². The van der Waals surface area contributed by atoms with Crippen LogP contribution in [0.15, 0.2) is 24.3 Å². The van der Waals surface area contributed by atoms with Crippen LogP contribution in [0.3, 0.4) is 0 Å². The van der Waals surface area contributed by atoms with E-state index in [0.29, 0.717) is 0 Å². The van der Waals surface area contributed by atoms with Crippen LogP contribution in [0.2, 0.25) is 0 Å². The van der Waals surface area contributed by atoms with Crippen LogP contribution in [0, 0.1) is 6.92 Å². The maximum absolute atomic E-state index is 10.3. The van der Waals surface area contributed by atoms with Crippen molar-refractivity contribution < 1.29 is 9.90 Å². The first-order valence-corrected chi connectivity index (χ1v) is 2.99. The van der Waals surface area contributed by atoms with Crippen LogP contribution in [-0.2, 0) is 0 Å². The Kier molecular flexibility index (Phi) is 1.71. The van der Waals surface area contributed by atoms with Gasteiger partial charge in [0.1, 0.15) is 0 Å². The number of rotatable bonds is 1. The molecule has 0 bridgehead atoms. The molecular formula is C8H7O2-. The largest absolute Gasteiger partial charge is 0.545 e. The van der Waals surface area contributed by atoms with E-state index in [4.69, 9.17) is 0 Å². The third-order valence-electron chi connectivity index (χ3n) is 1.36. The number of benzene rings is 1. The molecule has 2 heteroatoms. The molecule has 0 amide bonds. The number of aryl methyl sites for hydroxylation is 1. The van der Waals surface area contributed by atoms with Crippen LogP contribution in [0.4, 0.5) is 0 Å². The number of carboxylic acid groups (broad SMARTS) is 1. The average molecular weight is 135 g/mol. The lowest BCUT2D eigenvalue weighted by molar-refractivity contribution is -0.255.